The average molecular weight is 401 g/mol. The van der Waals surface area contributed by atoms with Crippen LogP contribution >= 0.6 is 0 Å². The number of anilines is 1. The summed E-state index contributed by atoms with van der Waals surface area (Å²) in [5.41, 5.74) is 0.678. The van der Waals surface area contributed by atoms with Crippen molar-refractivity contribution in [2.24, 2.45) is 0 Å². The van der Waals surface area contributed by atoms with Gasteiger partial charge in [-0.25, -0.2) is 9.69 Å². The van der Waals surface area contributed by atoms with Gasteiger partial charge in [-0.2, -0.15) is 0 Å². The highest BCUT2D eigenvalue weighted by molar-refractivity contribution is 6.34. The van der Waals surface area contributed by atoms with Gasteiger partial charge in [0, 0.05) is 13.0 Å². The van der Waals surface area contributed by atoms with Crippen molar-refractivity contribution in [1.82, 2.24) is 0 Å². The molecule has 0 atom stereocenters. The number of nitrogens with zero attached hydrogens (tertiary/aromatic N) is 1. The van der Waals surface area contributed by atoms with Crippen molar-refractivity contribution < 1.29 is 28.7 Å². The summed E-state index contributed by atoms with van der Waals surface area (Å²) >= 11 is 0. The van der Waals surface area contributed by atoms with Crippen LogP contribution < -0.4 is 14.4 Å². The summed E-state index contributed by atoms with van der Waals surface area (Å²) in [6, 6.07) is 18.8. The van der Waals surface area contributed by atoms with E-state index < -0.39 is 23.8 Å². The fourth-order valence-electron chi connectivity index (χ4n) is 3.11. The number of ether oxygens (including phenoxy) is 2. The third-order valence-electron chi connectivity index (χ3n) is 4.41. The van der Waals surface area contributed by atoms with Gasteiger partial charge in [0.25, 0.3) is 11.8 Å². The molecule has 2 amide bonds. The third kappa shape index (κ3) is 3.56. The average Bonchev–Trinajstić information content (AvgIpc) is 2.98. The van der Waals surface area contributed by atoms with Crippen molar-refractivity contribution in [2.45, 2.75) is 6.92 Å². The Balaban J connectivity index is 1.62. The number of para-hydroxylation sites is 1. The number of carbonyl (C=O) groups is 4. The van der Waals surface area contributed by atoms with Crippen molar-refractivity contribution in [3.05, 3.63) is 89.5 Å². The van der Waals surface area contributed by atoms with Gasteiger partial charge in [-0.3, -0.25) is 14.4 Å². The van der Waals surface area contributed by atoms with Crippen LogP contribution in [-0.2, 0) is 4.79 Å². The first-order chi connectivity index (χ1) is 14.4. The van der Waals surface area contributed by atoms with Gasteiger partial charge in [-0.15, -0.1) is 0 Å². The molecule has 0 bridgehead atoms. The molecule has 0 spiro atoms. The zero-order valence-electron chi connectivity index (χ0n) is 15.8. The summed E-state index contributed by atoms with van der Waals surface area (Å²) in [6.45, 7) is 1.25. The number of amides is 2. The summed E-state index contributed by atoms with van der Waals surface area (Å²) in [5.74, 6) is -1.68. The van der Waals surface area contributed by atoms with E-state index in [-0.39, 0.29) is 28.1 Å². The van der Waals surface area contributed by atoms with Crippen LogP contribution in [-0.4, -0.2) is 23.8 Å². The molecule has 0 aromatic heterocycles. The molecule has 0 saturated heterocycles. The van der Waals surface area contributed by atoms with E-state index in [1.807, 2.05) is 0 Å². The molecule has 1 aliphatic rings. The quantitative estimate of drug-likeness (QED) is 0.377. The van der Waals surface area contributed by atoms with Crippen LogP contribution in [0.1, 0.15) is 38.0 Å². The molecule has 1 heterocycles. The first-order valence-corrected chi connectivity index (χ1v) is 9.02. The lowest BCUT2D eigenvalue weighted by Gasteiger charge is -2.14. The molecule has 3 aromatic carbocycles. The number of hydrogen-bond donors (Lipinski definition) is 0. The van der Waals surface area contributed by atoms with E-state index in [0.717, 1.165) is 4.90 Å². The Morgan fingerprint density at radius 2 is 1.43 bits per heavy atom. The highest BCUT2D eigenvalue weighted by Crippen LogP contribution is 2.31. The zero-order chi connectivity index (χ0) is 21.3. The zero-order valence-corrected chi connectivity index (χ0v) is 15.8. The Hall–Kier alpha value is -4.26. The van der Waals surface area contributed by atoms with Gasteiger partial charge in [0.1, 0.15) is 11.5 Å². The monoisotopic (exact) mass is 401 g/mol. The maximum atomic E-state index is 12.9. The molecule has 0 saturated carbocycles. The summed E-state index contributed by atoms with van der Waals surface area (Å²) in [4.78, 5) is 50.3. The Bertz CT molecular complexity index is 1190. The number of hydrogen-bond acceptors (Lipinski definition) is 6. The van der Waals surface area contributed by atoms with Gasteiger partial charge >= 0.3 is 11.9 Å². The van der Waals surface area contributed by atoms with Crippen LogP contribution in [0.3, 0.4) is 0 Å². The van der Waals surface area contributed by atoms with E-state index in [1.54, 1.807) is 48.5 Å². The van der Waals surface area contributed by atoms with Crippen LogP contribution in [0.15, 0.2) is 72.8 Å². The molecule has 1 aliphatic heterocycles. The minimum atomic E-state index is -0.639. The number of carbonyl (C=O) groups excluding carboxylic acids is 4. The van der Waals surface area contributed by atoms with E-state index in [1.165, 1.54) is 31.2 Å². The van der Waals surface area contributed by atoms with Gasteiger partial charge < -0.3 is 9.47 Å². The fourth-order valence-corrected chi connectivity index (χ4v) is 3.11. The molecule has 148 valence electrons. The van der Waals surface area contributed by atoms with Gasteiger partial charge in [0.2, 0.25) is 0 Å². The molecule has 7 heteroatoms. The molecule has 3 aromatic rings. The molecule has 7 nitrogen and oxygen atoms in total. The molecule has 0 aliphatic carbocycles. The molecule has 0 fully saturated rings. The van der Waals surface area contributed by atoms with Crippen LogP contribution in [0.25, 0.3) is 0 Å². The number of benzene rings is 3. The van der Waals surface area contributed by atoms with Crippen molar-refractivity contribution in [1.29, 1.82) is 0 Å². The predicted octanol–water partition coefficient (Wildman–Crippen LogP) is 3.63. The highest BCUT2D eigenvalue weighted by Gasteiger charge is 2.37. The van der Waals surface area contributed by atoms with Crippen LogP contribution in [0.4, 0.5) is 5.69 Å². The Labute approximate surface area is 171 Å². The SMILES string of the molecule is CC(=O)Oc1cccc(N2C(=O)c3ccc(C(=O)Oc4ccccc4)cc3C2=O)c1. The maximum absolute atomic E-state index is 12.9. The summed E-state index contributed by atoms with van der Waals surface area (Å²) in [5, 5.41) is 0. The fraction of sp³-hybridized carbons (Fsp3) is 0.0435. The van der Waals surface area contributed by atoms with Crippen molar-refractivity contribution in [2.75, 3.05) is 4.90 Å². The molecule has 0 N–H and O–H groups in total. The Morgan fingerprint density at radius 3 is 2.17 bits per heavy atom. The maximum Gasteiger partial charge on any atom is 0.343 e. The number of fused-ring (bicyclic) bond motifs is 1. The normalized spacial score (nSPS) is 12.5. The number of esters is 2. The first kappa shape index (κ1) is 19.1. The topological polar surface area (TPSA) is 90.0 Å². The summed E-state index contributed by atoms with van der Waals surface area (Å²) in [7, 11) is 0. The lowest BCUT2D eigenvalue weighted by molar-refractivity contribution is -0.131. The van der Waals surface area contributed by atoms with Crippen molar-refractivity contribution >= 4 is 29.4 Å². The smallest absolute Gasteiger partial charge is 0.343 e. The van der Waals surface area contributed by atoms with Crippen molar-refractivity contribution in [3.63, 3.8) is 0 Å². The lowest BCUT2D eigenvalue weighted by atomic mass is 10.1. The standard InChI is InChI=1S/C23H15NO6/c1-14(25)29-18-9-5-6-16(13-18)24-21(26)19-11-10-15(12-20(19)22(24)27)23(28)30-17-7-3-2-4-8-17/h2-13H,1H3. The lowest BCUT2D eigenvalue weighted by Crippen LogP contribution is -2.29. The summed E-state index contributed by atoms with van der Waals surface area (Å²) in [6.07, 6.45) is 0. The molecule has 0 radical (unpaired) electrons. The minimum Gasteiger partial charge on any atom is -0.427 e. The molecular formula is C23H15NO6. The van der Waals surface area contributed by atoms with Gasteiger partial charge in [-0.05, 0) is 42.5 Å². The van der Waals surface area contributed by atoms with E-state index >= 15 is 0 Å². The number of rotatable bonds is 4. The van der Waals surface area contributed by atoms with Crippen LogP contribution in [0.2, 0.25) is 0 Å². The largest absolute Gasteiger partial charge is 0.427 e. The second-order valence-corrected chi connectivity index (χ2v) is 6.50. The van der Waals surface area contributed by atoms with Gasteiger partial charge in [0.15, 0.2) is 0 Å². The minimum absolute atomic E-state index is 0.0976. The van der Waals surface area contributed by atoms with Gasteiger partial charge in [0.05, 0.1) is 22.4 Å². The molecule has 4 rings (SSSR count). The van der Waals surface area contributed by atoms with E-state index in [4.69, 9.17) is 9.47 Å². The van der Waals surface area contributed by atoms with E-state index in [2.05, 4.69) is 0 Å². The Kier molecular flexibility index (Phi) is 4.85. The third-order valence-corrected chi connectivity index (χ3v) is 4.41. The van der Waals surface area contributed by atoms with Crippen LogP contribution in [0.5, 0.6) is 11.5 Å². The van der Waals surface area contributed by atoms with E-state index in [9.17, 15) is 19.2 Å². The molecule has 30 heavy (non-hydrogen) atoms. The van der Waals surface area contributed by atoms with E-state index in [0.29, 0.717) is 5.75 Å². The number of imide groups is 1. The van der Waals surface area contributed by atoms with Gasteiger partial charge in [-0.1, -0.05) is 24.3 Å². The molecular weight excluding hydrogens is 386 g/mol. The molecule has 0 unspecified atom stereocenters. The predicted molar refractivity (Wildman–Crippen MR) is 107 cm³/mol. The second-order valence-electron chi connectivity index (χ2n) is 6.50. The second kappa shape index (κ2) is 7.63. The van der Waals surface area contributed by atoms with Crippen molar-refractivity contribution in [3.8, 4) is 11.5 Å². The Morgan fingerprint density at radius 1 is 0.733 bits per heavy atom. The highest BCUT2D eigenvalue weighted by atomic mass is 16.5. The first-order valence-electron chi connectivity index (χ1n) is 9.02. The summed E-state index contributed by atoms with van der Waals surface area (Å²) < 4.78 is 10.3. The van der Waals surface area contributed by atoms with Crippen LogP contribution in [0, 0.1) is 0 Å².